The molecule has 0 aliphatic carbocycles. The van der Waals surface area contributed by atoms with Gasteiger partial charge >= 0.3 is 6.09 Å². The molecule has 2 aliphatic heterocycles. The lowest BCUT2D eigenvalue weighted by Gasteiger charge is -2.34. The van der Waals surface area contributed by atoms with E-state index in [4.69, 9.17) is 16.3 Å². The quantitative estimate of drug-likeness (QED) is 0.456. The number of alkyl carbamates (subject to hydrolysis) is 1. The van der Waals surface area contributed by atoms with Gasteiger partial charge in [-0.3, -0.25) is 15.1 Å². The molecule has 2 aliphatic rings. The summed E-state index contributed by atoms with van der Waals surface area (Å²) in [5, 5.41) is 8.00. The summed E-state index contributed by atoms with van der Waals surface area (Å²) < 4.78 is 33.3. The monoisotopic (exact) mass is 611 g/mol. The lowest BCUT2D eigenvalue weighted by Crippen LogP contribution is -2.50. The van der Waals surface area contributed by atoms with E-state index >= 15 is 0 Å². The Morgan fingerprint density at radius 1 is 0.976 bits per heavy atom. The highest BCUT2D eigenvalue weighted by atomic mass is 35.5. The number of hydrogen-bond acceptors (Lipinski definition) is 7. The summed E-state index contributed by atoms with van der Waals surface area (Å²) in [5.41, 5.74) is 0.968. The van der Waals surface area contributed by atoms with Crippen molar-refractivity contribution in [3.05, 3.63) is 76.8 Å². The average Bonchev–Trinajstić information content (AvgIpc) is 2.96. The maximum atomic E-state index is 13.3. The van der Waals surface area contributed by atoms with Gasteiger partial charge in [-0.05, 0) is 73.5 Å². The summed E-state index contributed by atoms with van der Waals surface area (Å²) in [4.78, 5) is 31.5. The van der Waals surface area contributed by atoms with Crippen molar-refractivity contribution < 1.29 is 22.7 Å². The molecule has 0 bridgehead atoms. The second-order valence-electron chi connectivity index (χ2n) is 11.4. The molecule has 2 amide bonds. The second-order valence-corrected chi connectivity index (χ2v) is 13.7. The molecule has 0 radical (unpaired) electrons. The molecule has 0 saturated carbocycles. The molecule has 3 aromatic carbocycles. The first-order valence-electron chi connectivity index (χ1n) is 13.8. The summed E-state index contributed by atoms with van der Waals surface area (Å²) in [5.74, 6) is 0.322. The first kappa shape index (κ1) is 29.8. The average molecular weight is 612 g/mol. The van der Waals surface area contributed by atoms with Gasteiger partial charge in [0.05, 0.1) is 11.4 Å². The van der Waals surface area contributed by atoms with E-state index in [1.165, 1.54) is 4.31 Å². The van der Waals surface area contributed by atoms with Gasteiger partial charge in [0.25, 0.3) is 5.91 Å². The minimum absolute atomic E-state index is 0.0826. The number of amides is 2. The summed E-state index contributed by atoms with van der Waals surface area (Å²) in [7, 11) is -3.70. The van der Waals surface area contributed by atoms with Crippen molar-refractivity contribution in [2.45, 2.75) is 37.2 Å². The van der Waals surface area contributed by atoms with E-state index in [9.17, 15) is 18.0 Å². The number of piperazine rings is 1. The van der Waals surface area contributed by atoms with Crippen molar-refractivity contribution in [2.75, 3.05) is 39.3 Å². The summed E-state index contributed by atoms with van der Waals surface area (Å²) >= 11 is 6.05. The molecular weight excluding hydrogens is 578 g/mol. The summed E-state index contributed by atoms with van der Waals surface area (Å²) in [6.45, 7) is 7.48. The maximum absolute atomic E-state index is 13.3. The van der Waals surface area contributed by atoms with E-state index in [1.807, 2.05) is 12.1 Å². The fourth-order valence-electron chi connectivity index (χ4n) is 4.97. The van der Waals surface area contributed by atoms with Crippen LogP contribution in [0.3, 0.4) is 0 Å². The van der Waals surface area contributed by atoms with Crippen molar-refractivity contribution in [1.29, 1.82) is 0 Å². The molecule has 1 atom stereocenters. The van der Waals surface area contributed by atoms with Crippen LogP contribution in [0.2, 0.25) is 5.02 Å². The lowest BCUT2D eigenvalue weighted by atomic mass is 9.97. The van der Waals surface area contributed by atoms with E-state index in [-0.39, 0.29) is 29.8 Å². The van der Waals surface area contributed by atoms with Gasteiger partial charge in [0.15, 0.2) is 0 Å². The van der Waals surface area contributed by atoms with Gasteiger partial charge in [-0.15, -0.1) is 0 Å². The van der Waals surface area contributed by atoms with Crippen LogP contribution >= 0.6 is 11.6 Å². The zero-order valence-corrected chi connectivity index (χ0v) is 25.3. The number of halogens is 1. The lowest BCUT2D eigenvalue weighted by molar-refractivity contribution is 0.0560. The standard InChI is InChI=1S/C30H34ClN5O5S/c1-30(2,3)41-29(38)34-28-32-18-24(19-33-28)20-4-6-21(7-5-20)27(37)35-12-14-36(15-13-35)42(39,40)26-11-9-22-16-25(31)10-8-23(22)17-26/h4-11,16-17,24H,12-15,18-19H2,1-3H3,(H2,32,33,34,38). The Balaban J connectivity index is 1.15. The zero-order valence-electron chi connectivity index (χ0n) is 23.8. The molecule has 5 rings (SSSR count). The van der Waals surface area contributed by atoms with Crippen LogP contribution in [0, 0.1) is 0 Å². The van der Waals surface area contributed by atoms with Crippen molar-refractivity contribution in [2.24, 2.45) is 4.99 Å². The van der Waals surface area contributed by atoms with Gasteiger partial charge in [-0.2, -0.15) is 4.31 Å². The fraction of sp³-hybridized carbons (Fsp3) is 0.367. The number of sulfonamides is 1. The zero-order chi connectivity index (χ0) is 30.1. The largest absolute Gasteiger partial charge is 0.444 e. The molecule has 1 saturated heterocycles. The van der Waals surface area contributed by atoms with Crippen LogP contribution in [0.25, 0.3) is 10.8 Å². The van der Waals surface area contributed by atoms with Crippen LogP contribution in [-0.2, 0) is 14.8 Å². The molecule has 0 aromatic heterocycles. The van der Waals surface area contributed by atoms with Crippen LogP contribution in [0.15, 0.2) is 70.6 Å². The molecule has 2 N–H and O–H groups in total. The smallest absolute Gasteiger partial charge is 0.414 e. The number of carbonyl (C=O) groups excluding carboxylic acids is 2. The molecule has 1 fully saturated rings. The first-order valence-corrected chi connectivity index (χ1v) is 15.6. The van der Waals surface area contributed by atoms with Crippen LogP contribution < -0.4 is 10.6 Å². The SMILES string of the molecule is CC(C)(C)OC(=O)NC1=NCC(c2ccc(C(=O)N3CCN(S(=O)(=O)c4ccc5cc(Cl)ccc5c4)CC3)cc2)CN1. The molecule has 12 heteroatoms. The number of rotatable bonds is 4. The molecule has 0 spiro atoms. The third-order valence-corrected chi connectivity index (χ3v) is 9.30. The maximum Gasteiger partial charge on any atom is 0.414 e. The van der Waals surface area contributed by atoms with E-state index in [0.29, 0.717) is 42.7 Å². The number of ether oxygens (including phenoxy) is 1. The molecule has 2 heterocycles. The number of guanidine groups is 1. The molecule has 222 valence electrons. The van der Waals surface area contributed by atoms with E-state index in [0.717, 1.165) is 16.3 Å². The Labute approximate surface area is 250 Å². The highest BCUT2D eigenvalue weighted by Gasteiger charge is 2.31. The number of carbonyl (C=O) groups is 2. The van der Waals surface area contributed by atoms with Crippen molar-refractivity contribution in [3.63, 3.8) is 0 Å². The summed E-state index contributed by atoms with van der Waals surface area (Å²) in [6, 6.07) is 17.8. The van der Waals surface area contributed by atoms with Gasteiger partial charge < -0.3 is 15.0 Å². The Bertz CT molecular complexity index is 1630. The van der Waals surface area contributed by atoms with Gasteiger partial charge in [-0.1, -0.05) is 35.9 Å². The molecule has 3 aromatic rings. The minimum Gasteiger partial charge on any atom is -0.444 e. The second kappa shape index (κ2) is 11.9. The fourth-order valence-corrected chi connectivity index (χ4v) is 6.60. The van der Waals surface area contributed by atoms with E-state index < -0.39 is 21.7 Å². The minimum atomic E-state index is -3.70. The van der Waals surface area contributed by atoms with Crippen molar-refractivity contribution in [1.82, 2.24) is 19.8 Å². The Morgan fingerprint density at radius 3 is 2.29 bits per heavy atom. The predicted molar refractivity (Wildman–Crippen MR) is 162 cm³/mol. The third-order valence-electron chi connectivity index (χ3n) is 7.17. The predicted octanol–water partition coefficient (Wildman–Crippen LogP) is 4.21. The normalized spacial score (nSPS) is 18.2. The highest BCUT2D eigenvalue weighted by molar-refractivity contribution is 7.89. The van der Waals surface area contributed by atoms with Gasteiger partial charge in [0.2, 0.25) is 16.0 Å². The number of nitrogens with zero attached hydrogens (tertiary/aromatic N) is 3. The topological polar surface area (TPSA) is 120 Å². The molecule has 1 unspecified atom stereocenters. The van der Waals surface area contributed by atoms with Gasteiger partial charge in [-0.25, -0.2) is 13.2 Å². The number of benzene rings is 3. The third kappa shape index (κ3) is 6.86. The molecule has 42 heavy (non-hydrogen) atoms. The first-order chi connectivity index (χ1) is 19.9. The van der Waals surface area contributed by atoms with Gasteiger partial charge in [0, 0.05) is 49.2 Å². The Morgan fingerprint density at radius 2 is 1.64 bits per heavy atom. The number of fused-ring (bicyclic) bond motifs is 1. The van der Waals surface area contributed by atoms with E-state index in [1.54, 1.807) is 74.2 Å². The van der Waals surface area contributed by atoms with Crippen LogP contribution in [-0.4, -0.2) is 80.5 Å². The van der Waals surface area contributed by atoms with E-state index in [2.05, 4.69) is 15.6 Å². The molecular formula is C30H34ClN5O5S. The summed E-state index contributed by atoms with van der Waals surface area (Å²) in [6.07, 6.45) is -0.562. The van der Waals surface area contributed by atoms with Crippen LogP contribution in [0.1, 0.15) is 42.6 Å². The highest BCUT2D eigenvalue weighted by Crippen LogP contribution is 2.26. The van der Waals surface area contributed by atoms with Crippen molar-refractivity contribution in [3.8, 4) is 0 Å². The van der Waals surface area contributed by atoms with Crippen LogP contribution in [0.5, 0.6) is 0 Å². The van der Waals surface area contributed by atoms with Crippen LogP contribution in [0.4, 0.5) is 4.79 Å². The van der Waals surface area contributed by atoms with Crippen molar-refractivity contribution >= 4 is 50.4 Å². The Hall–Kier alpha value is -3.67. The Kier molecular flexibility index (Phi) is 8.45. The number of hydrogen-bond donors (Lipinski definition) is 2. The van der Waals surface area contributed by atoms with Gasteiger partial charge in [0.1, 0.15) is 5.60 Å². The number of aliphatic imine (C=N–C) groups is 1. The molecule has 10 nitrogen and oxygen atoms in total. The number of nitrogens with one attached hydrogen (secondary N) is 2.